The first-order chi connectivity index (χ1) is 10.3. The molecule has 2 rings (SSSR count). The second kappa shape index (κ2) is 8.45. The van der Waals surface area contributed by atoms with Crippen LogP contribution in [0.2, 0.25) is 0 Å². The van der Waals surface area contributed by atoms with Crippen molar-refractivity contribution in [2.75, 3.05) is 26.8 Å². The lowest BCUT2D eigenvalue weighted by molar-refractivity contribution is 0.0813. The van der Waals surface area contributed by atoms with Crippen molar-refractivity contribution in [3.8, 4) is 16.9 Å². The van der Waals surface area contributed by atoms with Crippen LogP contribution >= 0.6 is 0 Å². The van der Waals surface area contributed by atoms with Gasteiger partial charge in [0.15, 0.2) is 0 Å². The van der Waals surface area contributed by atoms with E-state index >= 15 is 0 Å². The molecule has 0 heterocycles. The number of benzene rings is 2. The molecule has 0 saturated heterocycles. The Bertz CT molecular complexity index is 528. The van der Waals surface area contributed by atoms with Crippen LogP contribution in [0.3, 0.4) is 0 Å². The van der Waals surface area contributed by atoms with E-state index in [1.807, 2.05) is 36.4 Å². The van der Waals surface area contributed by atoms with E-state index in [1.54, 1.807) is 7.11 Å². The van der Waals surface area contributed by atoms with Gasteiger partial charge in [-0.2, -0.15) is 0 Å². The summed E-state index contributed by atoms with van der Waals surface area (Å²) in [6.07, 6.45) is -0.000174. The lowest BCUT2D eigenvalue weighted by atomic mass is 10.0. The second-order valence-corrected chi connectivity index (χ2v) is 4.87. The van der Waals surface area contributed by atoms with Crippen molar-refractivity contribution in [1.29, 1.82) is 0 Å². The fourth-order valence-electron chi connectivity index (χ4n) is 2.23. The lowest BCUT2D eigenvalue weighted by Crippen LogP contribution is -2.34. The summed E-state index contributed by atoms with van der Waals surface area (Å²) in [4.78, 5) is 0. The molecule has 0 saturated carbocycles. The minimum atomic E-state index is -0.000174. The zero-order chi connectivity index (χ0) is 14.9. The van der Waals surface area contributed by atoms with Gasteiger partial charge in [0.1, 0.15) is 11.9 Å². The molecule has 3 nitrogen and oxygen atoms in total. The Morgan fingerprint density at radius 3 is 2.43 bits per heavy atom. The molecule has 0 aliphatic heterocycles. The summed E-state index contributed by atoms with van der Waals surface area (Å²) >= 11 is 0. The van der Waals surface area contributed by atoms with E-state index < -0.39 is 0 Å². The van der Waals surface area contributed by atoms with Crippen LogP contribution in [0.15, 0.2) is 54.6 Å². The number of hydrogen-bond acceptors (Lipinski definition) is 3. The second-order valence-electron chi connectivity index (χ2n) is 4.87. The molecule has 2 aromatic carbocycles. The van der Waals surface area contributed by atoms with Gasteiger partial charge in [0, 0.05) is 19.2 Å². The summed E-state index contributed by atoms with van der Waals surface area (Å²) in [5.41, 5.74) is 2.27. The molecule has 21 heavy (non-hydrogen) atoms. The van der Waals surface area contributed by atoms with Crippen molar-refractivity contribution >= 4 is 0 Å². The molecule has 1 N–H and O–H groups in total. The van der Waals surface area contributed by atoms with Crippen molar-refractivity contribution in [2.24, 2.45) is 0 Å². The topological polar surface area (TPSA) is 30.5 Å². The van der Waals surface area contributed by atoms with Crippen molar-refractivity contribution in [3.05, 3.63) is 54.6 Å². The minimum absolute atomic E-state index is 0.000174. The number of ether oxygens (including phenoxy) is 2. The molecule has 0 bridgehead atoms. The monoisotopic (exact) mass is 285 g/mol. The van der Waals surface area contributed by atoms with Gasteiger partial charge >= 0.3 is 0 Å². The Labute approximate surface area is 126 Å². The van der Waals surface area contributed by atoms with Crippen molar-refractivity contribution in [2.45, 2.75) is 13.0 Å². The molecule has 2 aromatic rings. The zero-order valence-corrected chi connectivity index (χ0v) is 12.7. The third-order valence-corrected chi connectivity index (χ3v) is 3.24. The average molecular weight is 285 g/mol. The summed E-state index contributed by atoms with van der Waals surface area (Å²) in [6.45, 7) is 4.34. The molecule has 112 valence electrons. The van der Waals surface area contributed by atoms with Crippen LogP contribution < -0.4 is 10.1 Å². The standard InChI is InChI=1S/C18H23NO2/c1-3-19-13-16(14-20-2)21-18-12-8-7-11-17(18)15-9-5-4-6-10-15/h4-12,16,19H,3,13-14H2,1-2H3. The summed E-state index contributed by atoms with van der Waals surface area (Å²) in [5, 5.41) is 3.31. The van der Waals surface area contributed by atoms with Crippen LogP contribution in [0.1, 0.15) is 6.92 Å². The fourth-order valence-corrected chi connectivity index (χ4v) is 2.23. The number of methoxy groups -OCH3 is 1. The van der Waals surface area contributed by atoms with E-state index in [1.165, 1.54) is 0 Å². The number of rotatable bonds is 8. The van der Waals surface area contributed by atoms with Crippen molar-refractivity contribution in [1.82, 2.24) is 5.32 Å². The number of hydrogen-bond donors (Lipinski definition) is 1. The molecular formula is C18H23NO2. The van der Waals surface area contributed by atoms with E-state index in [9.17, 15) is 0 Å². The Morgan fingerprint density at radius 2 is 1.71 bits per heavy atom. The largest absolute Gasteiger partial charge is 0.486 e. The van der Waals surface area contributed by atoms with Gasteiger partial charge in [-0.15, -0.1) is 0 Å². The molecule has 3 heteroatoms. The third-order valence-electron chi connectivity index (χ3n) is 3.24. The SMILES string of the molecule is CCNCC(COC)Oc1ccccc1-c1ccccc1. The Morgan fingerprint density at radius 1 is 1.00 bits per heavy atom. The molecule has 0 amide bonds. The Hall–Kier alpha value is -1.84. The number of para-hydroxylation sites is 1. The van der Waals surface area contributed by atoms with Gasteiger partial charge < -0.3 is 14.8 Å². The first kappa shape index (κ1) is 15.5. The number of nitrogens with one attached hydrogen (secondary N) is 1. The van der Waals surface area contributed by atoms with Gasteiger partial charge in [-0.3, -0.25) is 0 Å². The summed E-state index contributed by atoms with van der Waals surface area (Å²) in [6, 6.07) is 18.4. The summed E-state index contributed by atoms with van der Waals surface area (Å²) < 4.78 is 11.4. The maximum Gasteiger partial charge on any atom is 0.134 e. The molecule has 0 radical (unpaired) electrons. The van der Waals surface area contributed by atoms with Gasteiger partial charge in [-0.05, 0) is 18.2 Å². The van der Waals surface area contributed by atoms with E-state index in [2.05, 4.69) is 30.4 Å². The third kappa shape index (κ3) is 4.59. The normalized spacial score (nSPS) is 12.1. The fraction of sp³-hybridized carbons (Fsp3) is 0.333. The predicted octanol–water partition coefficient (Wildman–Crippen LogP) is 3.36. The lowest BCUT2D eigenvalue weighted by Gasteiger charge is -2.20. The maximum atomic E-state index is 6.16. The van der Waals surface area contributed by atoms with Crippen LogP contribution in [0.25, 0.3) is 11.1 Å². The highest BCUT2D eigenvalue weighted by Crippen LogP contribution is 2.30. The molecule has 0 aliphatic rings. The summed E-state index contributed by atoms with van der Waals surface area (Å²) in [5.74, 6) is 0.892. The highest BCUT2D eigenvalue weighted by atomic mass is 16.5. The molecule has 0 spiro atoms. The summed E-state index contributed by atoms with van der Waals surface area (Å²) in [7, 11) is 1.70. The smallest absolute Gasteiger partial charge is 0.134 e. The Balaban J connectivity index is 2.19. The predicted molar refractivity (Wildman–Crippen MR) is 86.7 cm³/mol. The highest BCUT2D eigenvalue weighted by molar-refractivity contribution is 5.70. The molecule has 1 atom stereocenters. The van der Waals surface area contributed by atoms with Crippen molar-refractivity contribution < 1.29 is 9.47 Å². The quantitative estimate of drug-likeness (QED) is 0.807. The molecule has 0 aliphatic carbocycles. The van der Waals surface area contributed by atoms with E-state index in [-0.39, 0.29) is 6.10 Å². The van der Waals surface area contributed by atoms with E-state index in [0.717, 1.165) is 30.0 Å². The number of likely N-dealkylation sites (N-methyl/N-ethyl adjacent to an activating group) is 1. The first-order valence-corrected chi connectivity index (χ1v) is 7.36. The minimum Gasteiger partial charge on any atom is -0.486 e. The molecule has 0 fully saturated rings. The first-order valence-electron chi connectivity index (χ1n) is 7.36. The van der Waals surface area contributed by atoms with Gasteiger partial charge in [-0.25, -0.2) is 0 Å². The van der Waals surface area contributed by atoms with Gasteiger partial charge in [-0.1, -0.05) is 55.5 Å². The molecular weight excluding hydrogens is 262 g/mol. The van der Waals surface area contributed by atoms with Crippen LogP contribution in [-0.4, -0.2) is 32.9 Å². The van der Waals surface area contributed by atoms with Gasteiger partial charge in [0.05, 0.1) is 6.61 Å². The van der Waals surface area contributed by atoms with Gasteiger partial charge in [0.2, 0.25) is 0 Å². The maximum absolute atomic E-state index is 6.16. The average Bonchev–Trinajstić information content (AvgIpc) is 2.54. The van der Waals surface area contributed by atoms with E-state index in [4.69, 9.17) is 9.47 Å². The van der Waals surface area contributed by atoms with Gasteiger partial charge in [0.25, 0.3) is 0 Å². The van der Waals surface area contributed by atoms with Crippen molar-refractivity contribution in [3.63, 3.8) is 0 Å². The van der Waals surface area contributed by atoms with Crippen LogP contribution in [-0.2, 0) is 4.74 Å². The van der Waals surface area contributed by atoms with Crippen LogP contribution in [0, 0.1) is 0 Å². The van der Waals surface area contributed by atoms with Crippen LogP contribution in [0.5, 0.6) is 5.75 Å². The highest BCUT2D eigenvalue weighted by Gasteiger charge is 2.13. The zero-order valence-electron chi connectivity index (χ0n) is 12.7. The molecule has 0 aromatic heterocycles. The molecule has 1 unspecified atom stereocenters. The van der Waals surface area contributed by atoms with E-state index in [0.29, 0.717) is 6.61 Å². The Kier molecular flexibility index (Phi) is 6.25. The van der Waals surface area contributed by atoms with Crippen LogP contribution in [0.4, 0.5) is 0 Å².